The van der Waals surface area contributed by atoms with Crippen LogP contribution in [0.2, 0.25) is 0 Å². The minimum atomic E-state index is -0.119. The molecule has 4 unspecified atom stereocenters. The molecule has 2 amide bonds. The first kappa shape index (κ1) is 19.5. The summed E-state index contributed by atoms with van der Waals surface area (Å²) in [7, 11) is 3.12. The lowest BCUT2D eigenvalue weighted by Crippen LogP contribution is -2.55. The lowest BCUT2D eigenvalue weighted by atomic mass is 9.70. The predicted octanol–water partition coefficient (Wildman–Crippen LogP) is 2.91. The van der Waals surface area contributed by atoms with Crippen LogP contribution >= 0.6 is 0 Å². The van der Waals surface area contributed by atoms with E-state index >= 15 is 0 Å². The Bertz CT molecular complexity index is 691. The topological polar surface area (TPSA) is 76.7 Å². The molecule has 1 aliphatic carbocycles. The summed E-state index contributed by atoms with van der Waals surface area (Å²) >= 11 is 0. The van der Waals surface area contributed by atoms with Crippen molar-refractivity contribution in [2.45, 2.75) is 57.5 Å². The number of carbonyl (C=O) groups is 2. The van der Waals surface area contributed by atoms with Crippen LogP contribution in [0.4, 0.5) is 0 Å². The van der Waals surface area contributed by atoms with Gasteiger partial charge in [0.05, 0.1) is 14.2 Å². The van der Waals surface area contributed by atoms with Crippen LogP contribution in [0, 0.1) is 11.8 Å². The molecule has 2 fully saturated rings. The fraction of sp³-hybridized carbons (Fsp3) is 0.619. The second kappa shape index (κ2) is 8.63. The Morgan fingerprint density at radius 3 is 2.70 bits per heavy atom. The van der Waals surface area contributed by atoms with E-state index in [4.69, 9.17) is 9.47 Å². The molecule has 0 aromatic heterocycles. The molecule has 2 aliphatic rings. The lowest BCUT2D eigenvalue weighted by molar-refractivity contribution is -0.127. The maximum atomic E-state index is 12.7. The van der Waals surface area contributed by atoms with Crippen molar-refractivity contribution in [2.75, 3.05) is 14.2 Å². The third-order valence-electron chi connectivity index (χ3n) is 5.94. The maximum absolute atomic E-state index is 12.7. The van der Waals surface area contributed by atoms with Crippen LogP contribution in [-0.4, -0.2) is 38.1 Å². The van der Waals surface area contributed by atoms with Crippen molar-refractivity contribution in [3.63, 3.8) is 0 Å². The van der Waals surface area contributed by atoms with Crippen LogP contribution in [0.15, 0.2) is 18.2 Å². The first-order valence-corrected chi connectivity index (χ1v) is 9.88. The summed E-state index contributed by atoms with van der Waals surface area (Å²) in [5.41, 5.74) is 0.548. The number of hydrogen-bond donors (Lipinski definition) is 2. The number of benzene rings is 1. The predicted molar refractivity (Wildman–Crippen MR) is 103 cm³/mol. The number of methoxy groups -OCH3 is 2. The van der Waals surface area contributed by atoms with E-state index in [0.717, 1.165) is 32.1 Å². The highest BCUT2D eigenvalue weighted by molar-refractivity contribution is 5.95. The van der Waals surface area contributed by atoms with E-state index in [2.05, 4.69) is 17.6 Å². The average Bonchev–Trinajstić information content (AvgIpc) is 2.67. The highest BCUT2D eigenvalue weighted by atomic mass is 16.5. The van der Waals surface area contributed by atoms with Gasteiger partial charge < -0.3 is 20.1 Å². The molecule has 1 aliphatic heterocycles. The van der Waals surface area contributed by atoms with Gasteiger partial charge in [-0.05, 0) is 55.7 Å². The number of piperidine rings is 1. The molecule has 3 rings (SSSR count). The van der Waals surface area contributed by atoms with Gasteiger partial charge in [-0.2, -0.15) is 0 Å². The number of nitrogens with one attached hydrogen (secondary N) is 2. The smallest absolute Gasteiger partial charge is 0.251 e. The number of amides is 2. The van der Waals surface area contributed by atoms with Gasteiger partial charge in [-0.15, -0.1) is 0 Å². The van der Waals surface area contributed by atoms with Crippen LogP contribution in [-0.2, 0) is 4.79 Å². The van der Waals surface area contributed by atoms with Crippen molar-refractivity contribution in [2.24, 2.45) is 11.8 Å². The molecule has 1 saturated heterocycles. The van der Waals surface area contributed by atoms with Crippen molar-refractivity contribution in [1.29, 1.82) is 0 Å². The van der Waals surface area contributed by atoms with E-state index in [0.29, 0.717) is 35.3 Å². The Hall–Kier alpha value is -2.24. The molecule has 0 radical (unpaired) electrons. The number of ether oxygens (including phenoxy) is 2. The lowest BCUT2D eigenvalue weighted by Gasteiger charge is -2.44. The van der Waals surface area contributed by atoms with Gasteiger partial charge in [0.25, 0.3) is 5.91 Å². The number of rotatable bonds is 6. The Labute approximate surface area is 161 Å². The summed E-state index contributed by atoms with van der Waals surface area (Å²) in [6, 6.07) is 5.42. The minimum Gasteiger partial charge on any atom is -0.493 e. The zero-order chi connectivity index (χ0) is 19.4. The molecule has 6 nitrogen and oxygen atoms in total. The molecule has 4 atom stereocenters. The van der Waals surface area contributed by atoms with Gasteiger partial charge in [-0.25, -0.2) is 0 Å². The Morgan fingerprint density at radius 1 is 1.22 bits per heavy atom. The molecular weight excluding hydrogens is 344 g/mol. The number of hydrogen-bond acceptors (Lipinski definition) is 4. The van der Waals surface area contributed by atoms with Crippen molar-refractivity contribution < 1.29 is 19.1 Å². The Kier molecular flexibility index (Phi) is 6.24. The average molecular weight is 374 g/mol. The first-order valence-electron chi connectivity index (χ1n) is 9.88. The summed E-state index contributed by atoms with van der Waals surface area (Å²) in [4.78, 5) is 24.7. The van der Waals surface area contributed by atoms with Gasteiger partial charge >= 0.3 is 0 Å². The molecule has 1 saturated carbocycles. The summed E-state index contributed by atoms with van der Waals surface area (Å²) in [6.45, 7) is 2.18. The first-order chi connectivity index (χ1) is 13.0. The fourth-order valence-corrected chi connectivity index (χ4v) is 4.64. The van der Waals surface area contributed by atoms with Crippen molar-refractivity contribution in [1.82, 2.24) is 10.6 Å². The third-order valence-corrected chi connectivity index (χ3v) is 5.94. The van der Waals surface area contributed by atoms with E-state index < -0.39 is 0 Å². The molecule has 6 heteroatoms. The molecule has 0 bridgehead atoms. The second-order valence-corrected chi connectivity index (χ2v) is 7.64. The van der Waals surface area contributed by atoms with Crippen LogP contribution in [0.25, 0.3) is 0 Å². The fourth-order valence-electron chi connectivity index (χ4n) is 4.64. The van der Waals surface area contributed by atoms with Gasteiger partial charge in [0, 0.05) is 24.1 Å². The molecule has 1 aromatic rings. The van der Waals surface area contributed by atoms with Gasteiger partial charge in [0.15, 0.2) is 11.5 Å². The second-order valence-electron chi connectivity index (χ2n) is 7.64. The third kappa shape index (κ3) is 4.37. The SMILES string of the molecule is CCCC1CC(=O)NC2CC(NC(=O)c3ccc(OC)c(OC)c3)CCC12. The molecule has 0 spiro atoms. The zero-order valence-corrected chi connectivity index (χ0v) is 16.4. The van der Waals surface area contributed by atoms with E-state index in [1.807, 2.05) is 0 Å². The molecule has 2 N–H and O–H groups in total. The molecule has 27 heavy (non-hydrogen) atoms. The minimum absolute atomic E-state index is 0.0764. The Morgan fingerprint density at radius 2 is 2.00 bits per heavy atom. The number of carbonyl (C=O) groups excluding carboxylic acids is 2. The molecular formula is C21H30N2O4. The van der Waals surface area contributed by atoms with E-state index in [1.54, 1.807) is 32.4 Å². The summed E-state index contributed by atoms with van der Waals surface area (Å²) in [5.74, 6) is 2.19. The van der Waals surface area contributed by atoms with Gasteiger partial charge in [-0.3, -0.25) is 9.59 Å². The zero-order valence-electron chi connectivity index (χ0n) is 16.4. The van der Waals surface area contributed by atoms with Gasteiger partial charge in [0.1, 0.15) is 0 Å². The summed E-state index contributed by atoms with van der Waals surface area (Å²) in [6.07, 6.45) is 5.67. The van der Waals surface area contributed by atoms with Gasteiger partial charge in [-0.1, -0.05) is 13.3 Å². The van der Waals surface area contributed by atoms with Crippen molar-refractivity contribution in [3.05, 3.63) is 23.8 Å². The monoisotopic (exact) mass is 374 g/mol. The highest BCUT2D eigenvalue weighted by Crippen LogP contribution is 2.37. The van der Waals surface area contributed by atoms with Crippen LogP contribution in [0.3, 0.4) is 0 Å². The van der Waals surface area contributed by atoms with Crippen LogP contribution < -0.4 is 20.1 Å². The van der Waals surface area contributed by atoms with Crippen molar-refractivity contribution in [3.8, 4) is 11.5 Å². The Balaban J connectivity index is 1.64. The van der Waals surface area contributed by atoms with Crippen LogP contribution in [0.5, 0.6) is 11.5 Å². The highest BCUT2D eigenvalue weighted by Gasteiger charge is 2.40. The molecule has 1 aromatic carbocycles. The van der Waals surface area contributed by atoms with Gasteiger partial charge in [0.2, 0.25) is 5.91 Å². The molecule has 1 heterocycles. The normalized spacial score (nSPS) is 27.3. The quantitative estimate of drug-likeness (QED) is 0.803. The summed E-state index contributed by atoms with van der Waals surface area (Å²) < 4.78 is 10.5. The maximum Gasteiger partial charge on any atom is 0.251 e. The van der Waals surface area contributed by atoms with Crippen LogP contribution in [0.1, 0.15) is 55.8 Å². The molecule has 148 valence electrons. The largest absolute Gasteiger partial charge is 0.493 e. The van der Waals surface area contributed by atoms with Crippen molar-refractivity contribution >= 4 is 11.8 Å². The number of fused-ring (bicyclic) bond motifs is 1. The van der Waals surface area contributed by atoms with E-state index in [9.17, 15) is 9.59 Å². The standard InChI is InChI=1S/C21H30N2O4/c1-4-5-13-11-20(24)23-17-12-15(7-8-16(13)17)22-21(25)14-6-9-18(26-2)19(10-14)27-3/h6,9-10,13,15-17H,4-5,7-8,11-12H2,1-3H3,(H,22,25)(H,23,24). The van der Waals surface area contributed by atoms with E-state index in [1.165, 1.54) is 0 Å². The summed E-state index contributed by atoms with van der Waals surface area (Å²) in [5, 5.41) is 6.29. The van der Waals surface area contributed by atoms with E-state index in [-0.39, 0.29) is 23.9 Å².